The van der Waals surface area contributed by atoms with Crippen LogP contribution in [0.25, 0.3) is 0 Å². The van der Waals surface area contributed by atoms with E-state index in [0.29, 0.717) is 12.0 Å². The van der Waals surface area contributed by atoms with Crippen LogP contribution in [0.2, 0.25) is 0 Å². The highest BCUT2D eigenvalue weighted by Gasteiger charge is 2.22. The van der Waals surface area contributed by atoms with Crippen molar-refractivity contribution < 1.29 is 4.79 Å². The third-order valence-electron chi connectivity index (χ3n) is 3.17. The van der Waals surface area contributed by atoms with Crippen molar-refractivity contribution in [2.75, 3.05) is 19.6 Å². The molecule has 0 bridgehead atoms. The lowest BCUT2D eigenvalue weighted by molar-refractivity contribution is 0.201. The number of urea groups is 1. The molecule has 0 saturated heterocycles. The number of hydrogen-bond acceptors (Lipinski definition) is 2. The van der Waals surface area contributed by atoms with Crippen molar-refractivity contribution in [3.63, 3.8) is 0 Å². The van der Waals surface area contributed by atoms with E-state index in [1.807, 2.05) is 13.8 Å². The molecule has 2 atom stereocenters. The van der Waals surface area contributed by atoms with Gasteiger partial charge in [0, 0.05) is 25.7 Å². The van der Waals surface area contributed by atoms with E-state index in [9.17, 15) is 4.79 Å². The lowest BCUT2D eigenvalue weighted by Crippen LogP contribution is -2.41. The summed E-state index contributed by atoms with van der Waals surface area (Å²) in [5.74, 6) is 0.583. The van der Waals surface area contributed by atoms with Crippen LogP contribution in [0, 0.1) is 5.92 Å². The third kappa shape index (κ3) is 3.70. The molecular formula is C11H23N3O. The number of nitrogens with zero attached hydrogens (tertiary/aromatic N) is 1. The van der Waals surface area contributed by atoms with Gasteiger partial charge in [-0.3, -0.25) is 0 Å². The molecule has 1 aliphatic rings. The molecular weight excluding hydrogens is 190 g/mol. The van der Waals surface area contributed by atoms with Crippen molar-refractivity contribution in [2.24, 2.45) is 11.7 Å². The molecule has 1 fully saturated rings. The second-order valence-electron chi connectivity index (χ2n) is 4.30. The summed E-state index contributed by atoms with van der Waals surface area (Å²) in [4.78, 5) is 13.4. The maximum Gasteiger partial charge on any atom is 0.317 e. The van der Waals surface area contributed by atoms with Crippen molar-refractivity contribution in [2.45, 2.75) is 39.2 Å². The summed E-state index contributed by atoms with van der Waals surface area (Å²) in [7, 11) is 0. The van der Waals surface area contributed by atoms with Crippen LogP contribution in [0.1, 0.15) is 33.1 Å². The molecule has 88 valence electrons. The Hall–Kier alpha value is -0.770. The number of amides is 2. The van der Waals surface area contributed by atoms with Gasteiger partial charge < -0.3 is 16.0 Å². The van der Waals surface area contributed by atoms with Gasteiger partial charge in [-0.15, -0.1) is 0 Å². The minimum absolute atomic E-state index is 0.0560. The molecule has 1 aliphatic carbocycles. The minimum Gasteiger partial charge on any atom is -0.338 e. The second kappa shape index (κ2) is 5.95. The van der Waals surface area contributed by atoms with Crippen molar-refractivity contribution in [1.29, 1.82) is 0 Å². The molecule has 2 amide bonds. The van der Waals surface area contributed by atoms with Crippen LogP contribution in [-0.2, 0) is 0 Å². The van der Waals surface area contributed by atoms with E-state index >= 15 is 0 Å². The van der Waals surface area contributed by atoms with Gasteiger partial charge in [0.15, 0.2) is 0 Å². The molecule has 0 aromatic rings. The lowest BCUT2D eigenvalue weighted by Gasteiger charge is -2.20. The SMILES string of the molecule is CCN(CC)C(=O)NCC1CCC(N)C1. The van der Waals surface area contributed by atoms with Gasteiger partial charge in [0.2, 0.25) is 0 Å². The summed E-state index contributed by atoms with van der Waals surface area (Å²) in [6, 6.07) is 0.404. The Balaban J connectivity index is 2.21. The highest BCUT2D eigenvalue weighted by molar-refractivity contribution is 5.74. The second-order valence-corrected chi connectivity index (χ2v) is 4.30. The molecule has 2 unspecified atom stereocenters. The molecule has 0 aromatic heterocycles. The van der Waals surface area contributed by atoms with Crippen LogP contribution in [0.4, 0.5) is 4.79 Å². The molecule has 0 heterocycles. The first-order valence-corrected chi connectivity index (χ1v) is 5.95. The molecule has 1 rings (SSSR count). The fourth-order valence-electron chi connectivity index (χ4n) is 2.15. The zero-order valence-electron chi connectivity index (χ0n) is 9.83. The van der Waals surface area contributed by atoms with Crippen LogP contribution < -0.4 is 11.1 Å². The molecule has 15 heavy (non-hydrogen) atoms. The maximum absolute atomic E-state index is 11.6. The van der Waals surface area contributed by atoms with Gasteiger partial charge in [-0.05, 0) is 39.0 Å². The van der Waals surface area contributed by atoms with Gasteiger partial charge in [0.1, 0.15) is 0 Å². The van der Waals surface area contributed by atoms with Gasteiger partial charge in [0.25, 0.3) is 0 Å². The summed E-state index contributed by atoms with van der Waals surface area (Å²) in [6.07, 6.45) is 3.31. The predicted molar refractivity (Wildman–Crippen MR) is 61.6 cm³/mol. The number of nitrogens with one attached hydrogen (secondary N) is 1. The number of rotatable bonds is 4. The normalized spacial score (nSPS) is 25.3. The van der Waals surface area contributed by atoms with Crippen molar-refractivity contribution >= 4 is 6.03 Å². The average molecular weight is 213 g/mol. The number of nitrogens with two attached hydrogens (primary N) is 1. The number of carbonyl (C=O) groups is 1. The predicted octanol–water partition coefficient (Wildman–Crippen LogP) is 1.17. The van der Waals surface area contributed by atoms with Crippen LogP contribution >= 0.6 is 0 Å². The fraction of sp³-hybridized carbons (Fsp3) is 0.909. The summed E-state index contributed by atoms with van der Waals surface area (Å²) in [5.41, 5.74) is 5.82. The van der Waals surface area contributed by atoms with Gasteiger partial charge in [-0.2, -0.15) is 0 Å². The van der Waals surface area contributed by atoms with E-state index < -0.39 is 0 Å². The Morgan fingerprint density at radius 2 is 2.07 bits per heavy atom. The molecule has 1 saturated carbocycles. The van der Waals surface area contributed by atoms with E-state index in [4.69, 9.17) is 5.73 Å². The minimum atomic E-state index is 0.0560. The van der Waals surface area contributed by atoms with E-state index in [1.165, 1.54) is 0 Å². The standard InChI is InChI=1S/C11H23N3O/c1-3-14(4-2)11(15)13-8-9-5-6-10(12)7-9/h9-10H,3-8,12H2,1-2H3,(H,13,15). The highest BCUT2D eigenvalue weighted by Crippen LogP contribution is 2.23. The fourth-order valence-corrected chi connectivity index (χ4v) is 2.15. The Kier molecular flexibility index (Phi) is 4.88. The molecule has 0 aliphatic heterocycles. The van der Waals surface area contributed by atoms with Crippen LogP contribution in [0.3, 0.4) is 0 Å². The van der Waals surface area contributed by atoms with E-state index in [-0.39, 0.29) is 6.03 Å². The van der Waals surface area contributed by atoms with Gasteiger partial charge >= 0.3 is 6.03 Å². The summed E-state index contributed by atoms with van der Waals surface area (Å²) in [5, 5.41) is 2.98. The van der Waals surface area contributed by atoms with Crippen molar-refractivity contribution in [1.82, 2.24) is 10.2 Å². The third-order valence-corrected chi connectivity index (χ3v) is 3.17. The van der Waals surface area contributed by atoms with Gasteiger partial charge in [0.05, 0.1) is 0 Å². The number of carbonyl (C=O) groups excluding carboxylic acids is 1. The highest BCUT2D eigenvalue weighted by atomic mass is 16.2. The molecule has 0 spiro atoms. The molecule has 0 aromatic carbocycles. The first-order chi connectivity index (χ1) is 7.17. The van der Waals surface area contributed by atoms with Crippen molar-refractivity contribution in [3.05, 3.63) is 0 Å². The zero-order chi connectivity index (χ0) is 11.3. The monoisotopic (exact) mass is 213 g/mol. The molecule has 3 N–H and O–H groups in total. The Labute approximate surface area is 92.2 Å². The topological polar surface area (TPSA) is 58.4 Å². The van der Waals surface area contributed by atoms with Gasteiger partial charge in [-0.1, -0.05) is 0 Å². The largest absolute Gasteiger partial charge is 0.338 e. The van der Waals surface area contributed by atoms with Crippen LogP contribution in [-0.4, -0.2) is 36.6 Å². The first kappa shape index (κ1) is 12.3. The van der Waals surface area contributed by atoms with E-state index in [2.05, 4.69) is 5.32 Å². The Bertz CT molecular complexity index is 204. The summed E-state index contributed by atoms with van der Waals surface area (Å²) < 4.78 is 0. The van der Waals surface area contributed by atoms with E-state index in [0.717, 1.165) is 38.9 Å². The summed E-state index contributed by atoms with van der Waals surface area (Å²) in [6.45, 7) is 6.31. The summed E-state index contributed by atoms with van der Waals surface area (Å²) >= 11 is 0. The lowest BCUT2D eigenvalue weighted by atomic mass is 10.1. The molecule has 4 nitrogen and oxygen atoms in total. The van der Waals surface area contributed by atoms with Gasteiger partial charge in [-0.25, -0.2) is 4.79 Å². The van der Waals surface area contributed by atoms with E-state index in [1.54, 1.807) is 4.90 Å². The zero-order valence-corrected chi connectivity index (χ0v) is 9.83. The molecule has 4 heteroatoms. The first-order valence-electron chi connectivity index (χ1n) is 5.95. The smallest absolute Gasteiger partial charge is 0.317 e. The van der Waals surface area contributed by atoms with Crippen LogP contribution in [0.5, 0.6) is 0 Å². The average Bonchev–Trinajstić information content (AvgIpc) is 2.63. The maximum atomic E-state index is 11.6. The Morgan fingerprint density at radius 3 is 2.53 bits per heavy atom. The molecule has 0 radical (unpaired) electrons. The van der Waals surface area contributed by atoms with Crippen molar-refractivity contribution in [3.8, 4) is 0 Å². The van der Waals surface area contributed by atoms with Crippen LogP contribution in [0.15, 0.2) is 0 Å². The number of hydrogen-bond donors (Lipinski definition) is 2. The Morgan fingerprint density at radius 1 is 1.40 bits per heavy atom. The quantitative estimate of drug-likeness (QED) is 0.736.